The van der Waals surface area contributed by atoms with Gasteiger partial charge in [-0.25, -0.2) is 0 Å². The maximum absolute atomic E-state index is 12.0. The predicted octanol–water partition coefficient (Wildman–Crippen LogP) is 2.42. The van der Waals surface area contributed by atoms with Crippen molar-refractivity contribution in [2.75, 3.05) is 12.4 Å². The minimum atomic E-state index is -0.390. The summed E-state index contributed by atoms with van der Waals surface area (Å²) >= 11 is 1.10. The Morgan fingerprint density at radius 2 is 2.17 bits per heavy atom. The van der Waals surface area contributed by atoms with Gasteiger partial charge in [-0.3, -0.25) is 9.59 Å². The van der Waals surface area contributed by atoms with Crippen LogP contribution in [0.4, 0.5) is 0 Å². The monoisotopic (exact) mass is 346 g/mol. The van der Waals surface area contributed by atoms with Crippen LogP contribution in [0.3, 0.4) is 0 Å². The average molecular weight is 346 g/mol. The van der Waals surface area contributed by atoms with E-state index in [9.17, 15) is 20.0 Å². The number of esters is 1. The number of rotatable bonds is 6. The van der Waals surface area contributed by atoms with E-state index in [-0.39, 0.29) is 29.8 Å². The fourth-order valence-electron chi connectivity index (χ4n) is 2.31. The summed E-state index contributed by atoms with van der Waals surface area (Å²) in [7, 11) is 0. The van der Waals surface area contributed by atoms with Gasteiger partial charge in [0.25, 0.3) is 0 Å². The molecule has 0 saturated heterocycles. The van der Waals surface area contributed by atoms with Gasteiger partial charge >= 0.3 is 5.97 Å². The number of amides is 1. The van der Waals surface area contributed by atoms with E-state index in [0.29, 0.717) is 17.2 Å². The molecule has 0 saturated carbocycles. The molecule has 1 aliphatic heterocycles. The largest absolute Gasteiger partial charge is 0.508 e. The number of ether oxygens (including phenoxy) is 1. The first-order valence-electron chi connectivity index (χ1n) is 7.56. The minimum Gasteiger partial charge on any atom is -0.508 e. The third-order valence-corrected chi connectivity index (χ3v) is 4.44. The zero-order valence-corrected chi connectivity index (χ0v) is 14.1. The number of aromatic hydroxyl groups is 1. The molecular weight excluding hydrogens is 328 g/mol. The lowest BCUT2D eigenvalue weighted by Gasteiger charge is -2.25. The summed E-state index contributed by atoms with van der Waals surface area (Å²) in [5.74, 6) is -0.833. The SMILES string of the molecule is CCCOC(=O)CSC1=C(C#N)C(c2ccc(O)cc2)CC(=O)N1. The van der Waals surface area contributed by atoms with Crippen molar-refractivity contribution in [1.82, 2.24) is 5.32 Å². The topological polar surface area (TPSA) is 99.4 Å². The van der Waals surface area contributed by atoms with Crippen molar-refractivity contribution in [3.05, 3.63) is 40.4 Å². The molecule has 0 aromatic heterocycles. The van der Waals surface area contributed by atoms with Crippen LogP contribution in [-0.2, 0) is 14.3 Å². The molecule has 0 aliphatic carbocycles. The average Bonchev–Trinajstić information content (AvgIpc) is 2.58. The quantitative estimate of drug-likeness (QED) is 0.768. The van der Waals surface area contributed by atoms with Crippen LogP contribution in [0.1, 0.15) is 31.2 Å². The number of carbonyl (C=O) groups excluding carboxylic acids is 2. The van der Waals surface area contributed by atoms with Gasteiger partial charge in [0.05, 0.1) is 29.0 Å². The fraction of sp³-hybridized carbons (Fsp3) is 0.353. The standard InChI is InChI=1S/C17H18N2O4S/c1-2-7-23-16(22)10-24-17-14(9-18)13(8-15(21)19-17)11-3-5-12(20)6-4-11/h3-6,13,20H,2,7-8,10H2,1H3,(H,19,21). The molecule has 2 rings (SSSR count). The van der Waals surface area contributed by atoms with Crippen molar-refractivity contribution in [3.8, 4) is 11.8 Å². The summed E-state index contributed by atoms with van der Waals surface area (Å²) in [6, 6.07) is 8.55. The Balaban J connectivity index is 2.19. The number of hydrogen-bond donors (Lipinski definition) is 2. The van der Waals surface area contributed by atoms with E-state index < -0.39 is 5.92 Å². The summed E-state index contributed by atoms with van der Waals surface area (Å²) in [6.45, 7) is 2.26. The fourth-order valence-corrected chi connectivity index (χ4v) is 3.19. The van der Waals surface area contributed by atoms with Crippen LogP contribution in [0.25, 0.3) is 0 Å². The van der Waals surface area contributed by atoms with E-state index in [1.54, 1.807) is 12.1 Å². The van der Waals surface area contributed by atoms with E-state index in [4.69, 9.17) is 4.74 Å². The van der Waals surface area contributed by atoms with Crippen LogP contribution in [0, 0.1) is 11.3 Å². The first-order valence-corrected chi connectivity index (χ1v) is 8.55. The number of nitrogens with one attached hydrogen (secondary N) is 1. The van der Waals surface area contributed by atoms with Gasteiger partial charge in [-0.2, -0.15) is 5.26 Å². The molecule has 0 radical (unpaired) electrons. The van der Waals surface area contributed by atoms with Gasteiger partial charge in [0.1, 0.15) is 5.75 Å². The van der Waals surface area contributed by atoms with E-state index in [2.05, 4.69) is 11.4 Å². The molecule has 1 aromatic rings. The Morgan fingerprint density at radius 1 is 1.46 bits per heavy atom. The molecular formula is C17H18N2O4S. The summed E-state index contributed by atoms with van der Waals surface area (Å²) < 4.78 is 5.00. The molecule has 0 spiro atoms. The highest BCUT2D eigenvalue weighted by molar-refractivity contribution is 8.03. The summed E-state index contributed by atoms with van der Waals surface area (Å²) in [5.41, 5.74) is 1.18. The van der Waals surface area contributed by atoms with Crippen LogP contribution < -0.4 is 5.32 Å². The van der Waals surface area contributed by atoms with Gasteiger partial charge in [0.15, 0.2) is 0 Å². The Kier molecular flexibility index (Phi) is 6.27. The molecule has 0 fully saturated rings. The second kappa shape index (κ2) is 8.41. The van der Waals surface area contributed by atoms with Crippen molar-refractivity contribution in [2.45, 2.75) is 25.7 Å². The molecule has 6 nitrogen and oxygen atoms in total. The molecule has 1 aromatic carbocycles. The Labute approximate surface area is 144 Å². The van der Waals surface area contributed by atoms with Crippen LogP contribution in [0.5, 0.6) is 5.75 Å². The molecule has 1 amide bonds. The summed E-state index contributed by atoms with van der Waals surface area (Å²) in [5, 5.41) is 21.9. The Morgan fingerprint density at radius 3 is 2.79 bits per heavy atom. The molecule has 24 heavy (non-hydrogen) atoms. The van der Waals surface area contributed by atoms with Crippen molar-refractivity contribution < 1.29 is 19.4 Å². The molecule has 7 heteroatoms. The van der Waals surface area contributed by atoms with E-state index in [0.717, 1.165) is 23.7 Å². The van der Waals surface area contributed by atoms with Gasteiger partial charge in [0, 0.05) is 12.3 Å². The molecule has 2 N–H and O–H groups in total. The highest BCUT2D eigenvalue weighted by Gasteiger charge is 2.29. The minimum absolute atomic E-state index is 0.0308. The predicted molar refractivity (Wildman–Crippen MR) is 90.0 cm³/mol. The van der Waals surface area contributed by atoms with E-state index in [1.165, 1.54) is 12.1 Å². The number of phenols is 1. The lowest BCUT2D eigenvalue weighted by Crippen LogP contribution is -2.31. The lowest BCUT2D eigenvalue weighted by atomic mass is 9.87. The van der Waals surface area contributed by atoms with Crippen molar-refractivity contribution in [1.29, 1.82) is 5.26 Å². The number of thioether (sulfide) groups is 1. The smallest absolute Gasteiger partial charge is 0.316 e. The molecule has 126 valence electrons. The first-order chi connectivity index (χ1) is 11.5. The number of phenolic OH excluding ortho intramolecular Hbond substituents is 1. The zero-order valence-electron chi connectivity index (χ0n) is 13.2. The Bertz CT molecular complexity index is 692. The maximum Gasteiger partial charge on any atom is 0.316 e. The van der Waals surface area contributed by atoms with Gasteiger partial charge < -0.3 is 15.2 Å². The van der Waals surface area contributed by atoms with Crippen molar-refractivity contribution >= 4 is 23.6 Å². The third-order valence-electron chi connectivity index (χ3n) is 3.45. The van der Waals surface area contributed by atoms with Crippen LogP contribution >= 0.6 is 11.8 Å². The number of allylic oxidation sites excluding steroid dienone is 1. The van der Waals surface area contributed by atoms with E-state index >= 15 is 0 Å². The van der Waals surface area contributed by atoms with Crippen LogP contribution in [0.15, 0.2) is 34.9 Å². The van der Waals surface area contributed by atoms with Crippen LogP contribution in [-0.4, -0.2) is 29.3 Å². The number of nitrogens with zero attached hydrogens (tertiary/aromatic N) is 1. The van der Waals surface area contributed by atoms with Gasteiger partial charge in [-0.1, -0.05) is 30.8 Å². The summed E-state index contributed by atoms with van der Waals surface area (Å²) in [6.07, 6.45) is 0.889. The third kappa shape index (κ3) is 4.52. The second-order valence-corrected chi connectivity index (χ2v) is 6.25. The molecule has 0 bridgehead atoms. The first kappa shape index (κ1) is 17.9. The summed E-state index contributed by atoms with van der Waals surface area (Å²) in [4.78, 5) is 23.6. The molecule has 1 atom stereocenters. The zero-order chi connectivity index (χ0) is 17.5. The maximum atomic E-state index is 12.0. The van der Waals surface area contributed by atoms with E-state index in [1.807, 2.05) is 6.92 Å². The molecule has 1 unspecified atom stereocenters. The van der Waals surface area contributed by atoms with Gasteiger partial charge in [0.2, 0.25) is 5.91 Å². The molecule has 1 aliphatic rings. The van der Waals surface area contributed by atoms with Crippen LogP contribution in [0.2, 0.25) is 0 Å². The second-order valence-electron chi connectivity index (χ2n) is 5.26. The number of benzene rings is 1. The van der Waals surface area contributed by atoms with Gasteiger partial charge in [-0.15, -0.1) is 0 Å². The number of hydrogen-bond acceptors (Lipinski definition) is 6. The van der Waals surface area contributed by atoms with Crippen molar-refractivity contribution in [3.63, 3.8) is 0 Å². The highest BCUT2D eigenvalue weighted by atomic mass is 32.2. The number of carbonyl (C=O) groups is 2. The normalized spacial score (nSPS) is 17.2. The van der Waals surface area contributed by atoms with Gasteiger partial charge in [-0.05, 0) is 24.1 Å². The highest BCUT2D eigenvalue weighted by Crippen LogP contribution is 2.36. The number of nitriles is 1. The Hall–Kier alpha value is -2.46. The molecule has 1 heterocycles. The van der Waals surface area contributed by atoms with Crippen molar-refractivity contribution in [2.24, 2.45) is 0 Å². The lowest BCUT2D eigenvalue weighted by molar-refractivity contribution is -0.140.